The van der Waals surface area contributed by atoms with E-state index < -0.39 is 62.1 Å². The van der Waals surface area contributed by atoms with Crippen molar-refractivity contribution < 1.29 is 36.1 Å². The van der Waals surface area contributed by atoms with Gasteiger partial charge in [0.2, 0.25) is 0 Å². The zero-order valence-electron chi connectivity index (χ0n) is 32.9. The number of hydrogen-bond donors (Lipinski definition) is 0. The second-order valence-corrected chi connectivity index (χ2v) is 25.4. The fourth-order valence-corrected chi connectivity index (χ4v) is 14.5. The van der Waals surface area contributed by atoms with Crippen molar-refractivity contribution in [3.05, 3.63) is 157 Å². The van der Waals surface area contributed by atoms with Crippen molar-refractivity contribution >= 4 is 61.4 Å². The molecular formula is C44H45IO9S3. The molecule has 0 aliphatic carbocycles. The number of hydrogen-bond acceptors (Lipinski definition) is 9. The average Bonchev–Trinajstić information content (AvgIpc) is 3.13. The summed E-state index contributed by atoms with van der Waals surface area (Å²) in [4.78, 5) is -0.504. The Morgan fingerprint density at radius 1 is 0.421 bits per heavy atom. The second-order valence-electron chi connectivity index (χ2n) is 15.8. The first-order chi connectivity index (χ1) is 26.5. The van der Waals surface area contributed by atoms with E-state index in [1.807, 2.05) is 48.5 Å². The molecule has 0 saturated heterocycles. The minimum Gasteiger partial charge on any atom is -0.0579 e. The van der Waals surface area contributed by atoms with Crippen LogP contribution in [0.1, 0.15) is 63.8 Å². The van der Waals surface area contributed by atoms with E-state index in [4.69, 9.17) is 10.9 Å². The average molecular weight is 941 g/mol. The van der Waals surface area contributed by atoms with Crippen LogP contribution in [0.4, 0.5) is 0 Å². The molecule has 57 heavy (non-hydrogen) atoms. The summed E-state index contributed by atoms with van der Waals surface area (Å²) in [5.41, 5.74) is 3.62. The van der Waals surface area contributed by atoms with Crippen LogP contribution in [-0.4, -0.2) is 25.3 Å². The van der Waals surface area contributed by atoms with Gasteiger partial charge < -0.3 is 0 Å². The zero-order valence-corrected chi connectivity index (χ0v) is 37.5. The van der Waals surface area contributed by atoms with Gasteiger partial charge in [-0.3, -0.25) is 0 Å². The maximum atomic E-state index is 14.2. The molecule has 6 aromatic carbocycles. The third-order valence-electron chi connectivity index (χ3n) is 9.14. The molecular weight excluding hydrogens is 896 g/mol. The van der Waals surface area contributed by atoms with Crippen LogP contribution in [0.3, 0.4) is 0 Å². The minimum absolute atomic E-state index is 0.109. The van der Waals surface area contributed by atoms with Crippen LogP contribution in [0.15, 0.2) is 142 Å². The van der Waals surface area contributed by atoms with Crippen LogP contribution in [0.25, 0.3) is 10.8 Å². The van der Waals surface area contributed by atoms with E-state index in [1.165, 1.54) is 54.6 Å². The van der Waals surface area contributed by atoms with Crippen molar-refractivity contribution in [3.8, 4) is 11.5 Å². The molecule has 0 bridgehead atoms. The monoisotopic (exact) mass is 940 g/mol. The summed E-state index contributed by atoms with van der Waals surface area (Å²) in [7, 11) is -13.4. The molecule has 0 fully saturated rings. The minimum atomic E-state index is -4.50. The van der Waals surface area contributed by atoms with Gasteiger partial charge in [-0.25, -0.2) is 0 Å². The van der Waals surface area contributed by atoms with Gasteiger partial charge in [-0.05, 0) is 13.8 Å². The van der Waals surface area contributed by atoms with E-state index >= 15 is 0 Å². The molecule has 6 aromatic rings. The smallest absolute Gasteiger partial charge is 0.0579 e. The summed E-state index contributed by atoms with van der Waals surface area (Å²) in [5, 5.41) is 0.590. The van der Waals surface area contributed by atoms with Crippen molar-refractivity contribution in [1.82, 2.24) is 0 Å². The summed E-state index contributed by atoms with van der Waals surface area (Å²) in [6.07, 6.45) is 0. The van der Waals surface area contributed by atoms with E-state index in [-0.39, 0.29) is 30.9 Å². The van der Waals surface area contributed by atoms with Gasteiger partial charge in [0, 0.05) is 0 Å². The number of halogens is 1. The molecule has 0 amide bonds. The molecule has 0 heterocycles. The van der Waals surface area contributed by atoms with Gasteiger partial charge in [0.1, 0.15) is 0 Å². The molecule has 0 aliphatic rings. The van der Waals surface area contributed by atoms with Crippen LogP contribution in [0.5, 0.6) is 11.5 Å². The van der Waals surface area contributed by atoms with Gasteiger partial charge in [-0.15, -0.1) is 0 Å². The summed E-state index contributed by atoms with van der Waals surface area (Å²) < 4.78 is 101. The third kappa shape index (κ3) is 9.89. The van der Waals surface area contributed by atoms with Crippen LogP contribution in [0, 0.1) is 21.0 Å². The first kappa shape index (κ1) is 42.3. The Kier molecular flexibility index (Phi) is 11.7. The summed E-state index contributed by atoms with van der Waals surface area (Å²) in [6.45, 7) is 16.3. The first-order valence-corrected chi connectivity index (χ1v) is 25.2. The van der Waals surface area contributed by atoms with Crippen molar-refractivity contribution in [3.63, 3.8) is 0 Å². The van der Waals surface area contributed by atoms with Crippen LogP contribution >= 0.6 is 20.2 Å². The second kappa shape index (κ2) is 15.8. The zero-order chi connectivity index (χ0) is 41.6. The molecule has 0 atom stereocenters. The SMILES string of the molecule is Cc1ccc(S(=O)(=O)Oc2cc3ccc(S(=O)(=O)OI(c4ccc(C(C)(C)C)cc4)c4ccc(C(C)(C)C)cc4)cc3cc2OS(=O)(=O)c2ccc(C)cc2)cc1. The predicted molar refractivity (Wildman–Crippen MR) is 232 cm³/mol. The van der Waals surface area contributed by atoms with Crippen LogP contribution in [-0.2, 0) is 43.7 Å². The quantitative estimate of drug-likeness (QED) is 0.0920. The Labute approximate surface area is 344 Å². The normalized spacial score (nSPS) is 13.0. The van der Waals surface area contributed by atoms with Gasteiger partial charge >= 0.3 is 310 Å². The number of aryl methyl sites for hydroxylation is 2. The molecule has 0 radical (unpaired) electrons. The number of fused-ring (bicyclic) bond motifs is 1. The van der Waals surface area contributed by atoms with Crippen molar-refractivity contribution in [2.45, 2.75) is 80.9 Å². The van der Waals surface area contributed by atoms with E-state index in [2.05, 4.69) is 41.5 Å². The Hall–Kier alpha value is -4.28. The van der Waals surface area contributed by atoms with Gasteiger partial charge in [0.25, 0.3) is 0 Å². The summed E-state index contributed by atoms with van der Waals surface area (Å²) in [5.74, 6) is -0.864. The van der Waals surface area contributed by atoms with Crippen molar-refractivity contribution in [2.24, 2.45) is 0 Å². The molecule has 6 rings (SSSR count). The Balaban J connectivity index is 1.42. The van der Waals surface area contributed by atoms with Gasteiger partial charge in [-0.2, -0.15) is 0 Å². The fraction of sp³-hybridized carbons (Fsp3) is 0.227. The molecule has 0 unspecified atom stereocenters. The number of rotatable bonds is 11. The van der Waals surface area contributed by atoms with E-state index in [0.717, 1.165) is 29.4 Å². The Morgan fingerprint density at radius 2 is 0.789 bits per heavy atom. The topological polar surface area (TPSA) is 130 Å². The van der Waals surface area contributed by atoms with E-state index in [1.54, 1.807) is 38.1 Å². The summed E-state index contributed by atoms with van der Waals surface area (Å²) >= 11 is -3.12. The van der Waals surface area contributed by atoms with Gasteiger partial charge in [0.15, 0.2) is 0 Å². The first-order valence-electron chi connectivity index (χ1n) is 18.0. The van der Waals surface area contributed by atoms with Crippen molar-refractivity contribution in [1.29, 1.82) is 0 Å². The molecule has 300 valence electrons. The molecule has 0 aromatic heterocycles. The maximum absolute atomic E-state index is 14.2. The molecule has 0 saturated carbocycles. The van der Waals surface area contributed by atoms with Crippen LogP contribution in [0.2, 0.25) is 0 Å². The molecule has 9 nitrogen and oxygen atoms in total. The predicted octanol–water partition coefficient (Wildman–Crippen LogP) is 10.5. The summed E-state index contributed by atoms with van der Waals surface area (Å²) in [6, 6.07) is 34.4. The standard InChI is InChI=1S/C44H45IO9S3/c1-30-9-22-38(23-10-30)55(46,47)52-41-28-32-13-26-40(27-33(32)29-42(41)53-56(48,49)39-24-11-31(2)12-25-39)57(50,51)54-45(36-18-14-34(15-19-36)43(3,4)5)37-20-16-35(17-21-37)44(6,7)8/h9-29H,1-8H3. The van der Waals surface area contributed by atoms with E-state index in [9.17, 15) is 25.3 Å². The number of benzene rings is 6. The molecule has 0 spiro atoms. The Bertz CT molecular complexity index is 2690. The third-order valence-corrected chi connectivity index (χ3v) is 19.0. The van der Waals surface area contributed by atoms with Gasteiger partial charge in [0.05, 0.1) is 0 Å². The molecule has 0 aliphatic heterocycles. The molecule has 13 heteroatoms. The van der Waals surface area contributed by atoms with Crippen molar-refractivity contribution in [2.75, 3.05) is 0 Å². The van der Waals surface area contributed by atoms with E-state index in [0.29, 0.717) is 5.39 Å². The van der Waals surface area contributed by atoms with Crippen LogP contribution < -0.4 is 8.37 Å². The Morgan fingerprint density at radius 3 is 1.18 bits per heavy atom. The van der Waals surface area contributed by atoms with Gasteiger partial charge in [-0.1, -0.05) is 23.3 Å². The fourth-order valence-electron chi connectivity index (χ4n) is 5.71. The molecule has 0 N–H and O–H groups in total.